The van der Waals surface area contributed by atoms with Crippen molar-refractivity contribution in [2.45, 2.75) is 64.2 Å². The van der Waals surface area contributed by atoms with Crippen molar-refractivity contribution in [1.29, 1.82) is 0 Å². The van der Waals surface area contributed by atoms with E-state index in [9.17, 15) is 18.0 Å². The van der Waals surface area contributed by atoms with Crippen LogP contribution in [0.25, 0.3) is 0 Å². The summed E-state index contributed by atoms with van der Waals surface area (Å²) < 4.78 is 44.5. The first-order chi connectivity index (χ1) is 19.1. The summed E-state index contributed by atoms with van der Waals surface area (Å²) in [5.41, 5.74) is 3.74. The van der Waals surface area contributed by atoms with Crippen LogP contribution in [0, 0.1) is 13.8 Å². The van der Waals surface area contributed by atoms with Gasteiger partial charge in [-0.3, -0.25) is 9.69 Å². The van der Waals surface area contributed by atoms with Crippen molar-refractivity contribution < 1.29 is 27.8 Å². The number of nitrogens with zero attached hydrogens (tertiary/aromatic N) is 5. The van der Waals surface area contributed by atoms with E-state index in [-0.39, 0.29) is 30.2 Å². The van der Waals surface area contributed by atoms with E-state index in [0.717, 1.165) is 62.4 Å². The number of fused-ring (bicyclic) bond motifs is 1. The number of ether oxygens (including phenoxy) is 1. The molecule has 2 atom stereocenters. The molecule has 2 saturated heterocycles. The van der Waals surface area contributed by atoms with Crippen molar-refractivity contribution in [2.24, 2.45) is 0 Å². The molecular formula is C29H40F3N5O3. The highest BCUT2D eigenvalue weighted by Gasteiger charge is 2.38. The third kappa shape index (κ3) is 7.11. The van der Waals surface area contributed by atoms with E-state index < -0.39 is 12.0 Å². The van der Waals surface area contributed by atoms with E-state index in [4.69, 9.17) is 9.84 Å². The smallest absolute Gasteiger partial charge is 0.451 e. The molecule has 40 heavy (non-hydrogen) atoms. The SMILES string of the molecule is Cc1c(OCCCCN(C)CCO)ccc([C@H]2CCC[C@H]3CN(C(=O)c4cnc(C(F)(F)F)nc4)CCN32)c1C. The summed E-state index contributed by atoms with van der Waals surface area (Å²) in [6.07, 6.45) is 2.31. The van der Waals surface area contributed by atoms with Gasteiger partial charge in [-0.1, -0.05) is 6.07 Å². The fourth-order valence-corrected chi connectivity index (χ4v) is 5.82. The standard InChI is InChI=1S/C29H40F3N5O3/c1-20-21(2)26(40-16-5-4-11-35(3)14-15-38)10-9-24(20)25-8-6-7-23-19-36(12-13-37(23)25)27(39)22-17-33-28(34-18-22)29(30,31)32/h9-10,17-18,23,25,38H,4-8,11-16,19H2,1-3H3/t23-,25+/m0/s1. The van der Waals surface area contributed by atoms with Crippen LogP contribution in [0.5, 0.6) is 5.75 Å². The fraction of sp³-hybridized carbons (Fsp3) is 0.621. The van der Waals surface area contributed by atoms with Crippen LogP contribution in [0.15, 0.2) is 24.5 Å². The van der Waals surface area contributed by atoms with Crippen LogP contribution in [-0.2, 0) is 6.18 Å². The lowest BCUT2D eigenvalue weighted by molar-refractivity contribution is -0.145. The van der Waals surface area contributed by atoms with E-state index in [1.807, 2.05) is 7.05 Å². The molecule has 1 aromatic heterocycles. The molecule has 0 bridgehead atoms. The molecule has 220 valence electrons. The zero-order valence-corrected chi connectivity index (χ0v) is 23.6. The minimum absolute atomic E-state index is 0.0769. The summed E-state index contributed by atoms with van der Waals surface area (Å²) in [5, 5.41) is 9.01. The molecule has 2 aliphatic rings. The van der Waals surface area contributed by atoms with Crippen molar-refractivity contribution in [3.8, 4) is 5.75 Å². The first kappa shape index (κ1) is 30.2. The predicted molar refractivity (Wildman–Crippen MR) is 145 cm³/mol. The van der Waals surface area contributed by atoms with Gasteiger partial charge in [-0.05, 0) is 82.3 Å². The van der Waals surface area contributed by atoms with Crippen LogP contribution in [0.1, 0.15) is 71.0 Å². The number of rotatable bonds is 10. The Morgan fingerprint density at radius 2 is 1.85 bits per heavy atom. The van der Waals surface area contributed by atoms with Crippen LogP contribution >= 0.6 is 0 Å². The Labute approximate surface area is 234 Å². The van der Waals surface area contributed by atoms with Crippen molar-refractivity contribution in [3.63, 3.8) is 0 Å². The molecule has 1 amide bonds. The quantitative estimate of drug-likeness (QED) is 0.433. The van der Waals surface area contributed by atoms with Crippen molar-refractivity contribution >= 4 is 5.91 Å². The molecule has 11 heteroatoms. The maximum Gasteiger partial charge on any atom is 0.451 e. The van der Waals surface area contributed by atoms with E-state index in [1.54, 1.807) is 4.90 Å². The number of benzene rings is 1. The normalized spacial score (nSPS) is 20.1. The van der Waals surface area contributed by atoms with E-state index in [0.29, 0.717) is 32.8 Å². The highest BCUT2D eigenvalue weighted by Crippen LogP contribution is 2.39. The second-order valence-electron chi connectivity index (χ2n) is 10.9. The van der Waals surface area contributed by atoms with E-state index >= 15 is 0 Å². The minimum Gasteiger partial charge on any atom is -0.493 e. The third-order valence-corrected chi connectivity index (χ3v) is 8.19. The number of carbonyl (C=O) groups excluding carboxylic acids is 1. The molecule has 0 saturated carbocycles. The summed E-state index contributed by atoms with van der Waals surface area (Å²) in [4.78, 5) is 26.0. The van der Waals surface area contributed by atoms with Gasteiger partial charge in [0.25, 0.3) is 5.91 Å². The molecule has 1 N–H and O–H groups in total. The molecule has 4 rings (SSSR count). The Kier molecular flexibility index (Phi) is 10.0. The number of carbonyl (C=O) groups is 1. The number of halogens is 3. The second-order valence-corrected chi connectivity index (χ2v) is 10.9. The van der Waals surface area contributed by atoms with E-state index in [1.165, 1.54) is 11.1 Å². The van der Waals surface area contributed by atoms with Crippen LogP contribution < -0.4 is 4.74 Å². The lowest BCUT2D eigenvalue weighted by Gasteiger charge is -2.48. The summed E-state index contributed by atoms with van der Waals surface area (Å²) in [5.74, 6) is -0.663. The van der Waals surface area contributed by atoms with Crippen molar-refractivity contribution in [3.05, 3.63) is 52.6 Å². The maximum atomic E-state index is 13.0. The molecule has 0 spiro atoms. The monoisotopic (exact) mass is 563 g/mol. The van der Waals surface area contributed by atoms with Gasteiger partial charge in [0.1, 0.15) is 5.75 Å². The Morgan fingerprint density at radius 3 is 2.55 bits per heavy atom. The van der Waals surface area contributed by atoms with Crippen molar-refractivity contribution in [1.82, 2.24) is 24.7 Å². The number of unbranched alkanes of at least 4 members (excludes halogenated alkanes) is 1. The average molecular weight is 564 g/mol. The van der Waals surface area contributed by atoms with E-state index in [2.05, 4.69) is 45.7 Å². The Balaban J connectivity index is 1.36. The number of aromatic nitrogens is 2. The first-order valence-electron chi connectivity index (χ1n) is 14.1. The topological polar surface area (TPSA) is 82.0 Å². The van der Waals surface area contributed by atoms with Gasteiger partial charge in [0.2, 0.25) is 5.82 Å². The molecule has 0 aliphatic carbocycles. The van der Waals surface area contributed by atoms with Crippen LogP contribution in [0.2, 0.25) is 0 Å². The first-order valence-corrected chi connectivity index (χ1v) is 14.1. The molecule has 2 aromatic rings. The molecule has 1 aromatic carbocycles. The zero-order chi connectivity index (χ0) is 28.9. The number of piperidine rings is 1. The molecule has 8 nitrogen and oxygen atoms in total. The van der Waals surface area contributed by atoms with Gasteiger partial charge in [-0.15, -0.1) is 0 Å². The zero-order valence-electron chi connectivity index (χ0n) is 23.6. The highest BCUT2D eigenvalue weighted by molar-refractivity contribution is 5.93. The number of aliphatic hydroxyl groups is 1. The van der Waals surface area contributed by atoms with Gasteiger partial charge < -0.3 is 19.6 Å². The van der Waals surface area contributed by atoms with Gasteiger partial charge >= 0.3 is 6.18 Å². The lowest BCUT2D eigenvalue weighted by Crippen LogP contribution is -2.57. The summed E-state index contributed by atoms with van der Waals surface area (Å²) in [6, 6.07) is 4.69. The van der Waals surface area contributed by atoms with Crippen molar-refractivity contribution in [2.75, 3.05) is 53.0 Å². The fourth-order valence-electron chi connectivity index (χ4n) is 5.82. The number of amides is 1. The molecule has 2 fully saturated rings. The maximum absolute atomic E-state index is 13.0. The largest absolute Gasteiger partial charge is 0.493 e. The molecular weight excluding hydrogens is 523 g/mol. The Bertz CT molecular complexity index is 1140. The van der Waals surface area contributed by atoms with Crippen LogP contribution in [-0.4, -0.2) is 94.7 Å². The average Bonchev–Trinajstić information content (AvgIpc) is 2.94. The molecule has 0 radical (unpaired) electrons. The molecule has 0 unspecified atom stereocenters. The molecule has 2 aliphatic heterocycles. The Morgan fingerprint density at radius 1 is 1.10 bits per heavy atom. The van der Waals surface area contributed by atoms with Gasteiger partial charge in [-0.2, -0.15) is 13.2 Å². The predicted octanol–water partition coefficient (Wildman–Crippen LogP) is 4.25. The number of likely N-dealkylation sites (N-methyl/N-ethyl adjacent to an activating group) is 1. The van der Waals surface area contributed by atoms with Crippen LogP contribution in [0.3, 0.4) is 0 Å². The third-order valence-electron chi connectivity index (χ3n) is 8.19. The molecule has 3 heterocycles. The van der Waals surface area contributed by atoms with Crippen LogP contribution in [0.4, 0.5) is 13.2 Å². The number of hydrogen-bond acceptors (Lipinski definition) is 7. The van der Waals surface area contributed by atoms with Gasteiger partial charge in [-0.25, -0.2) is 9.97 Å². The summed E-state index contributed by atoms with van der Waals surface area (Å²) in [7, 11) is 2.01. The number of aliphatic hydroxyl groups excluding tert-OH is 1. The summed E-state index contributed by atoms with van der Waals surface area (Å²) in [6.45, 7) is 8.42. The minimum atomic E-state index is -4.64. The van der Waals surface area contributed by atoms with Gasteiger partial charge in [0.05, 0.1) is 18.8 Å². The van der Waals surface area contributed by atoms with Gasteiger partial charge in [0, 0.05) is 50.7 Å². The second kappa shape index (κ2) is 13.3. The highest BCUT2D eigenvalue weighted by atomic mass is 19.4. The number of alkyl halides is 3. The number of hydrogen-bond donors (Lipinski definition) is 1. The van der Waals surface area contributed by atoms with Gasteiger partial charge in [0.15, 0.2) is 0 Å². The number of piperazine rings is 1. The summed E-state index contributed by atoms with van der Waals surface area (Å²) >= 11 is 0. The lowest BCUT2D eigenvalue weighted by atomic mass is 9.86. The Hall–Kier alpha value is -2.76.